The fourth-order valence-electron chi connectivity index (χ4n) is 1.47. The van der Waals surface area contributed by atoms with Crippen LogP contribution in [-0.2, 0) is 6.42 Å². The van der Waals surface area contributed by atoms with E-state index in [9.17, 15) is 9.59 Å². The number of H-pyrrole nitrogens is 1. The summed E-state index contributed by atoms with van der Waals surface area (Å²) >= 11 is 7.29. The van der Waals surface area contributed by atoms with Crippen LogP contribution < -0.4 is 10.7 Å². The molecule has 0 spiro atoms. The molecule has 2 rings (SSSR count). The minimum Gasteiger partial charge on any atom is -0.367 e. The summed E-state index contributed by atoms with van der Waals surface area (Å²) in [6.07, 6.45) is 3.60. The Morgan fingerprint density at radius 1 is 1.39 bits per heavy atom. The summed E-state index contributed by atoms with van der Waals surface area (Å²) in [6.45, 7) is 0.476. The number of rotatable bonds is 4. The van der Waals surface area contributed by atoms with Gasteiger partial charge in [-0.3, -0.25) is 9.59 Å². The number of hydrogen-bond acceptors (Lipinski definition) is 3. The number of hydrogen-bond donors (Lipinski definition) is 2. The maximum absolute atomic E-state index is 11.7. The lowest BCUT2D eigenvalue weighted by atomic mass is 10.2. The van der Waals surface area contributed by atoms with Crippen molar-refractivity contribution < 1.29 is 4.79 Å². The van der Waals surface area contributed by atoms with Crippen LogP contribution in [0, 0.1) is 0 Å². The van der Waals surface area contributed by atoms with E-state index in [-0.39, 0.29) is 16.9 Å². The minimum atomic E-state index is -0.362. The second-order valence-electron chi connectivity index (χ2n) is 3.63. The van der Waals surface area contributed by atoms with Gasteiger partial charge >= 0.3 is 0 Å². The van der Waals surface area contributed by atoms with Gasteiger partial charge in [0.2, 0.25) is 0 Å². The maximum Gasteiger partial charge on any atom is 0.256 e. The molecule has 0 unspecified atom stereocenters. The fourth-order valence-corrected chi connectivity index (χ4v) is 2.56. The van der Waals surface area contributed by atoms with Crippen LogP contribution in [0.15, 0.2) is 35.4 Å². The molecule has 0 aliphatic carbocycles. The Kier molecular flexibility index (Phi) is 4.17. The quantitative estimate of drug-likeness (QED) is 0.902. The topological polar surface area (TPSA) is 62.0 Å². The van der Waals surface area contributed by atoms with Crippen molar-refractivity contribution in [2.75, 3.05) is 6.54 Å². The molecule has 0 atom stereocenters. The highest BCUT2D eigenvalue weighted by Crippen LogP contribution is 2.21. The predicted molar refractivity (Wildman–Crippen MR) is 72.4 cm³/mol. The SMILES string of the molecule is O=C(NCCc1ccc(Cl)s1)c1c[nH]ccc1=O. The monoisotopic (exact) mass is 282 g/mol. The largest absolute Gasteiger partial charge is 0.367 e. The Bertz CT molecular complexity index is 606. The van der Waals surface area contributed by atoms with E-state index in [1.807, 2.05) is 12.1 Å². The number of carbonyl (C=O) groups is 1. The van der Waals surface area contributed by atoms with Crippen molar-refractivity contribution in [1.82, 2.24) is 10.3 Å². The van der Waals surface area contributed by atoms with Gasteiger partial charge in [-0.1, -0.05) is 11.6 Å². The van der Waals surface area contributed by atoms with Gasteiger partial charge in [0.1, 0.15) is 5.56 Å². The van der Waals surface area contributed by atoms with Gasteiger partial charge in [-0.2, -0.15) is 0 Å². The number of thiophene rings is 1. The van der Waals surface area contributed by atoms with Gasteiger partial charge in [0.05, 0.1) is 4.34 Å². The van der Waals surface area contributed by atoms with Crippen LogP contribution in [0.1, 0.15) is 15.2 Å². The second kappa shape index (κ2) is 5.84. The lowest BCUT2D eigenvalue weighted by Gasteiger charge is -2.03. The van der Waals surface area contributed by atoms with E-state index >= 15 is 0 Å². The van der Waals surface area contributed by atoms with E-state index in [2.05, 4.69) is 10.3 Å². The Hall–Kier alpha value is -1.59. The highest BCUT2D eigenvalue weighted by atomic mass is 35.5. The summed E-state index contributed by atoms with van der Waals surface area (Å²) in [4.78, 5) is 26.9. The molecule has 2 aromatic rings. The van der Waals surface area contributed by atoms with Crippen molar-refractivity contribution in [1.29, 1.82) is 0 Å². The number of nitrogens with one attached hydrogen (secondary N) is 2. The smallest absolute Gasteiger partial charge is 0.256 e. The molecular formula is C12H11ClN2O2S. The zero-order valence-corrected chi connectivity index (χ0v) is 11.0. The molecule has 6 heteroatoms. The number of pyridine rings is 1. The third kappa shape index (κ3) is 3.21. The zero-order chi connectivity index (χ0) is 13.0. The standard InChI is InChI=1S/C12H11ClN2O2S/c13-11-2-1-8(18-11)3-6-15-12(17)9-7-14-5-4-10(9)16/h1-2,4-5,7H,3,6H2,(H,14,16)(H,15,17). The molecule has 94 valence electrons. The van der Waals surface area contributed by atoms with Gasteiger partial charge in [0, 0.05) is 29.9 Å². The van der Waals surface area contributed by atoms with Gasteiger partial charge in [-0.05, 0) is 18.6 Å². The first-order chi connectivity index (χ1) is 8.66. The van der Waals surface area contributed by atoms with E-state index in [0.29, 0.717) is 13.0 Å². The summed E-state index contributed by atoms with van der Waals surface area (Å²) in [5, 5.41) is 2.70. The lowest BCUT2D eigenvalue weighted by molar-refractivity contribution is 0.0953. The van der Waals surface area contributed by atoms with Gasteiger partial charge in [0.25, 0.3) is 5.91 Å². The number of aromatic nitrogens is 1. The molecule has 0 saturated carbocycles. The molecule has 0 saturated heterocycles. The molecular weight excluding hydrogens is 272 g/mol. The summed E-state index contributed by atoms with van der Waals surface area (Å²) in [6, 6.07) is 5.08. The molecule has 0 bridgehead atoms. The molecule has 2 aromatic heterocycles. The van der Waals surface area contributed by atoms with Crippen LogP contribution in [0.5, 0.6) is 0 Å². The Balaban J connectivity index is 1.89. The average Bonchev–Trinajstić information content (AvgIpc) is 2.75. The highest BCUT2D eigenvalue weighted by Gasteiger charge is 2.08. The normalized spacial score (nSPS) is 10.3. The average molecular weight is 283 g/mol. The highest BCUT2D eigenvalue weighted by molar-refractivity contribution is 7.16. The first-order valence-corrected chi connectivity index (χ1v) is 6.56. The molecule has 0 aliphatic rings. The summed E-state index contributed by atoms with van der Waals surface area (Å²) < 4.78 is 0.732. The van der Waals surface area contributed by atoms with Crippen LogP contribution in [0.2, 0.25) is 4.34 Å². The number of amides is 1. The van der Waals surface area contributed by atoms with Gasteiger partial charge in [0.15, 0.2) is 5.43 Å². The van der Waals surface area contributed by atoms with Crippen molar-refractivity contribution in [3.8, 4) is 0 Å². The molecule has 4 nitrogen and oxygen atoms in total. The summed E-state index contributed by atoms with van der Waals surface area (Å²) in [7, 11) is 0. The zero-order valence-electron chi connectivity index (χ0n) is 9.40. The van der Waals surface area contributed by atoms with Crippen LogP contribution >= 0.6 is 22.9 Å². The minimum absolute atomic E-state index is 0.127. The molecule has 0 radical (unpaired) electrons. The van der Waals surface area contributed by atoms with Gasteiger partial charge in [-0.15, -0.1) is 11.3 Å². The maximum atomic E-state index is 11.7. The van der Waals surface area contributed by atoms with Crippen molar-refractivity contribution in [3.63, 3.8) is 0 Å². The van der Waals surface area contributed by atoms with Gasteiger partial charge < -0.3 is 10.3 Å². The van der Waals surface area contributed by atoms with E-state index in [1.165, 1.54) is 29.8 Å². The van der Waals surface area contributed by atoms with E-state index in [0.717, 1.165) is 9.21 Å². The fraction of sp³-hybridized carbons (Fsp3) is 0.167. The van der Waals surface area contributed by atoms with Gasteiger partial charge in [-0.25, -0.2) is 0 Å². The first kappa shape index (κ1) is 12.9. The molecule has 2 N–H and O–H groups in total. The molecule has 18 heavy (non-hydrogen) atoms. The predicted octanol–water partition coefficient (Wildman–Crippen LogP) is 2.06. The molecule has 0 aliphatic heterocycles. The summed E-state index contributed by atoms with van der Waals surface area (Å²) in [5.41, 5.74) is -0.160. The number of aromatic amines is 1. The molecule has 0 aromatic carbocycles. The Morgan fingerprint density at radius 2 is 2.22 bits per heavy atom. The second-order valence-corrected chi connectivity index (χ2v) is 5.43. The molecule has 1 amide bonds. The molecule has 0 fully saturated rings. The van der Waals surface area contributed by atoms with Crippen LogP contribution in [0.4, 0.5) is 0 Å². The van der Waals surface area contributed by atoms with Crippen molar-refractivity contribution >= 4 is 28.8 Å². The Labute approximate surface area is 113 Å². The summed E-state index contributed by atoms with van der Waals surface area (Å²) in [5.74, 6) is -0.362. The van der Waals surface area contributed by atoms with Crippen molar-refractivity contribution in [2.45, 2.75) is 6.42 Å². The number of carbonyl (C=O) groups excluding carboxylic acids is 1. The molecule has 2 heterocycles. The van der Waals surface area contributed by atoms with E-state index in [4.69, 9.17) is 11.6 Å². The first-order valence-electron chi connectivity index (χ1n) is 5.36. The van der Waals surface area contributed by atoms with E-state index in [1.54, 1.807) is 0 Å². The lowest BCUT2D eigenvalue weighted by Crippen LogP contribution is -2.29. The van der Waals surface area contributed by atoms with Crippen LogP contribution in [-0.4, -0.2) is 17.4 Å². The number of halogens is 1. The third-order valence-electron chi connectivity index (χ3n) is 2.35. The van der Waals surface area contributed by atoms with Crippen molar-refractivity contribution in [3.05, 3.63) is 55.6 Å². The van der Waals surface area contributed by atoms with Crippen molar-refractivity contribution in [2.24, 2.45) is 0 Å². The Morgan fingerprint density at radius 3 is 2.89 bits per heavy atom. The van der Waals surface area contributed by atoms with E-state index < -0.39 is 0 Å². The van der Waals surface area contributed by atoms with Crippen LogP contribution in [0.25, 0.3) is 0 Å². The van der Waals surface area contributed by atoms with Crippen LogP contribution in [0.3, 0.4) is 0 Å². The third-order valence-corrected chi connectivity index (χ3v) is 3.65.